The van der Waals surface area contributed by atoms with E-state index in [0.717, 1.165) is 11.5 Å². The number of aliphatic imine (C=N–C) groups is 1. The Morgan fingerprint density at radius 2 is 1.79 bits per heavy atom. The van der Waals surface area contributed by atoms with Crippen LogP contribution in [0.25, 0.3) is 0 Å². The summed E-state index contributed by atoms with van der Waals surface area (Å²) in [7, 11) is 1.78. The van der Waals surface area contributed by atoms with Crippen molar-refractivity contribution in [1.29, 1.82) is 0 Å². The lowest BCUT2D eigenvalue weighted by Crippen LogP contribution is -2.06. The number of hydrogen-bond acceptors (Lipinski definition) is 1. The average Bonchev–Trinajstić information content (AvgIpc) is 2.18. The highest BCUT2D eigenvalue weighted by molar-refractivity contribution is 5.93. The van der Waals surface area contributed by atoms with E-state index >= 15 is 0 Å². The first kappa shape index (κ1) is 10.8. The van der Waals surface area contributed by atoms with Crippen molar-refractivity contribution in [2.75, 3.05) is 12.4 Å². The van der Waals surface area contributed by atoms with Gasteiger partial charge >= 0.3 is 0 Å². The molecule has 0 atom stereocenters. The van der Waals surface area contributed by atoms with Crippen LogP contribution in [0.1, 0.15) is 32.3 Å². The zero-order valence-electron chi connectivity index (χ0n) is 9.33. The van der Waals surface area contributed by atoms with Gasteiger partial charge in [-0.3, -0.25) is 4.99 Å². The Kier molecular flexibility index (Phi) is 3.69. The normalized spacial score (nSPS) is 11.9. The largest absolute Gasteiger partial charge is 0.344 e. The number of nitrogens with zero attached hydrogens (tertiary/aromatic N) is 1. The van der Waals surface area contributed by atoms with E-state index in [1.54, 1.807) is 7.05 Å². The molecular weight excluding hydrogens is 172 g/mol. The van der Waals surface area contributed by atoms with Gasteiger partial charge < -0.3 is 5.32 Å². The topological polar surface area (TPSA) is 24.4 Å². The molecule has 1 rings (SSSR count). The zero-order chi connectivity index (χ0) is 10.6. The van der Waals surface area contributed by atoms with Gasteiger partial charge in [0, 0.05) is 12.7 Å². The van der Waals surface area contributed by atoms with Gasteiger partial charge in [0.1, 0.15) is 0 Å². The maximum absolute atomic E-state index is 4.05. The molecule has 0 spiro atoms. The van der Waals surface area contributed by atoms with E-state index in [9.17, 15) is 0 Å². The molecule has 1 aromatic rings. The van der Waals surface area contributed by atoms with Crippen molar-refractivity contribution in [2.45, 2.75) is 26.7 Å². The molecule has 76 valence electrons. The molecule has 0 saturated heterocycles. The summed E-state index contributed by atoms with van der Waals surface area (Å²) in [5.74, 6) is 1.52. The minimum Gasteiger partial charge on any atom is -0.344 e. The quantitative estimate of drug-likeness (QED) is 0.561. The summed E-state index contributed by atoms with van der Waals surface area (Å²) in [6, 6.07) is 8.47. The molecule has 0 bridgehead atoms. The lowest BCUT2D eigenvalue weighted by molar-refractivity contribution is 0.867. The van der Waals surface area contributed by atoms with Crippen molar-refractivity contribution >= 4 is 11.5 Å². The van der Waals surface area contributed by atoms with Gasteiger partial charge in [0.25, 0.3) is 0 Å². The van der Waals surface area contributed by atoms with Crippen molar-refractivity contribution in [3.8, 4) is 0 Å². The van der Waals surface area contributed by atoms with Crippen LogP contribution in [0.5, 0.6) is 0 Å². The first-order valence-electron chi connectivity index (χ1n) is 4.94. The SMILES string of the molecule is CN=C(C)Nc1ccc(C(C)C)cc1. The maximum Gasteiger partial charge on any atom is 0.0972 e. The van der Waals surface area contributed by atoms with Crippen LogP contribution in [0, 0.1) is 0 Å². The van der Waals surface area contributed by atoms with Gasteiger partial charge in [-0.25, -0.2) is 0 Å². The van der Waals surface area contributed by atoms with Crippen LogP contribution in [0.15, 0.2) is 29.3 Å². The molecule has 0 radical (unpaired) electrons. The minimum absolute atomic E-state index is 0.588. The second kappa shape index (κ2) is 4.80. The van der Waals surface area contributed by atoms with E-state index in [1.165, 1.54) is 5.56 Å². The molecule has 0 aliphatic heterocycles. The molecule has 1 N–H and O–H groups in total. The van der Waals surface area contributed by atoms with Crippen LogP contribution in [0.4, 0.5) is 5.69 Å². The number of hydrogen-bond donors (Lipinski definition) is 1. The Morgan fingerprint density at radius 1 is 1.21 bits per heavy atom. The molecule has 2 nitrogen and oxygen atoms in total. The number of amidine groups is 1. The summed E-state index contributed by atoms with van der Waals surface area (Å²) in [5.41, 5.74) is 2.46. The van der Waals surface area contributed by atoms with Crippen LogP contribution in [-0.2, 0) is 0 Å². The van der Waals surface area contributed by atoms with Gasteiger partial charge in [-0.1, -0.05) is 26.0 Å². The van der Waals surface area contributed by atoms with Crippen LogP contribution in [-0.4, -0.2) is 12.9 Å². The lowest BCUT2D eigenvalue weighted by atomic mass is 10.0. The number of benzene rings is 1. The molecule has 0 heterocycles. The fourth-order valence-electron chi connectivity index (χ4n) is 1.22. The third-order valence-corrected chi connectivity index (χ3v) is 2.24. The van der Waals surface area contributed by atoms with Crippen molar-refractivity contribution in [1.82, 2.24) is 0 Å². The second-order valence-electron chi connectivity index (χ2n) is 3.71. The van der Waals surface area contributed by atoms with Crippen molar-refractivity contribution in [2.24, 2.45) is 4.99 Å². The zero-order valence-corrected chi connectivity index (χ0v) is 9.33. The molecule has 0 aromatic heterocycles. The predicted octanol–water partition coefficient (Wildman–Crippen LogP) is 3.27. The van der Waals surface area contributed by atoms with E-state index in [1.807, 2.05) is 6.92 Å². The van der Waals surface area contributed by atoms with Gasteiger partial charge in [0.15, 0.2) is 0 Å². The molecule has 0 aliphatic carbocycles. The van der Waals surface area contributed by atoms with Crippen LogP contribution >= 0.6 is 0 Å². The Bertz CT molecular complexity index is 310. The molecule has 0 amide bonds. The summed E-state index contributed by atoms with van der Waals surface area (Å²) in [6.07, 6.45) is 0. The molecule has 0 fully saturated rings. The highest BCUT2D eigenvalue weighted by Crippen LogP contribution is 2.16. The van der Waals surface area contributed by atoms with E-state index in [0.29, 0.717) is 5.92 Å². The molecule has 0 saturated carbocycles. The third-order valence-electron chi connectivity index (χ3n) is 2.24. The molecule has 2 heteroatoms. The monoisotopic (exact) mass is 190 g/mol. The third kappa shape index (κ3) is 2.87. The summed E-state index contributed by atoms with van der Waals surface area (Å²) >= 11 is 0. The second-order valence-corrected chi connectivity index (χ2v) is 3.71. The Labute approximate surface area is 86.1 Å². The maximum atomic E-state index is 4.05. The van der Waals surface area contributed by atoms with Gasteiger partial charge in [-0.05, 0) is 30.5 Å². The summed E-state index contributed by atoms with van der Waals surface area (Å²) in [6.45, 7) is 6.35. The van der Waals surface area contributed by atoms with E-state index in [2.05, 4.69) is 48.4 Å². The Hall–Kier alpha value is -1.31. The summed E-state index contributed by atoms with van der Waals surface area (Å²) < 4.78 is 0. The Morgan fingerprint density at radius 3 is 2.21 bits per heavy atom. The van der Waals surface area contributed by atoms with Gasteiger partial charge in [-0.15, -0.1) is 0 Å². The molecule has 1 aromatic carbocycles. The van der Waals surface area contributed by atoms with E-state index in [4.69, 9.17) is 0 Å². The number of nitrogens with one attached hydrogen (secondary N) is 1. The van der Waals surface area contributed by atoms with Crippen LogP contribution in [0.3, 0.4) is 0 Å². The van der Waals surface area contributed by atoms with Gasteiger partial charge in [0.05, 0.1) is 5.84 Å². The molecule has 0 aliphatic rings. The predicted molar refractivity (Wildman–Crippen MR) is 63.2 cm³/mol. The summed E-state index contributed by atoms with van der Waals surface area (Å²) in [5, 5.41) is 3.21. The standard InChI is InChI=1S/C12H18N2/c1-9(2)11-5-7-12(8-6-11)14-10(3)13-4/h5-9H,1-4H3,(H,13,14). The lowest BCUT2D eigenvalue weighted by Gasteiger charge is -2.08. The van der Waals surface area contributed by atoms with Gasteiger partial charge in [-0.2, -0.15) is 0 Å². The van der Waals surface area contributed by atoms with Crippen LogP contribution in [0.2, 0.25) is 0 Å². The molecule has 14 heavy (non-hydrogen) atoms. The fraction of sp³-hybridized carbons (Fsp3) is 0.417. The average molecular weight is 190 g/mol. The number of anilines is 1. The highest BCUT2D eigenvalue weighted by atomic mass is 15.0. The minimum atomic E-state index is 0.588. The van der Waals surface area contributed by atoms with E-state index < -0.39 is 0 Å². The number of rotatable bonds is 2. The first-order valence-corrected chi connectivity index (χ1v) is 4.94. The van der Waals surface area contributed by atoms with Crippen LogP contribution < -0.4 is 5.32 Å². The molecular formula is C12H18N2. The fourth-order valence-corrected chi connectivity index (χ4v) is 1.22. The Balaban J connectivity index is 2.74. The molecule has 0 unspecified atom stereocenters. The van der Waals surface area contributed by atoms with Crippen molar-refractivity contribution < 1.29 is 0 Å². The highest BCUT2D eigenvalue weighted by Gasteiger charge is 1.98. The van der Waals surface area contributed by atoms with Crippen molar-refractivity contribution in [3.63, 3.8) is 0 Å². The van der Waals surface area contributed by atoms with E-state index in [-0.39, 0.29) is 0 Å². The van der Waals surface area contributed by atoms with Gasteiger partial charge in [0.2, 0.25) is 0 Å². The summed E-state index contributed by atoms with van der Waals surface area (Å²) in [4.78, 5) is 4.05. The first-order chi connectivity index (χ1) is 6.63. The van der Waals surface area contributed by atoms with Crippen molar-refractivity contribution in [3.05, 3.63) is 29.8 Å². The smallest absolute Gasteiger partial charge is 0.0972 e.